The van der Waals surface area contributed by atoms with Gasteiger partial charge in [0.15, 0.2) is 0 Å². The minimum Gasteiger partial charge on any atom is -0.495 e. The molecule has 0 saturated heterocycles. The number of nitrogens with zero attached hydrogens (tertiary/aromatic N) is 2. The molecule has 0 radical (unpaired) electrons. The molecule has 2 N–H and O–H groups in total. The normalized spacial score (nSPS) is 13.1. The highest BCUT2D eigenvalue weighted by Gasteiger charge is 2.23. The number of para-hydroxylation sites is 1. The van der Waals surface area contributed by atoms with Crippen LogP contribution < -0.4 is 10.1 Å². The van der Waals surface area contributed by atoms with Crippen LogP contribution in [0.4, 0.5) is 5.00 Å². The second-order valence-corrected chi connectivity index (χ2v) is 9.42. The summed E-state index contributed by atoms with van der Waals surface area (Å²) in [7, 11) is 1.61. The van der Waals surface area contributed by atoms with Crippen LogP contribution in [0.25, 0.3) is 28.2 Å². The minimum atomic E-state index is -0.529. The second kappa shape index (κ2) is 9.50. The molecule has 0 unspecified atom stereocenters. The molecule has 1 aliphatic carbocycles. The lowest BCUT2D eigenvalue weighted by Gasteiger charge is -2.09. The molecule has 0 aliphatic heterocycles. The van der Waals surface area contributed by atoms with Gasteiger partial charge in [-0.25, -0.2) is 0 Å². The number of hydrogen-bond acceptors (Lipinski definition) is 5. The van der Waals surface area contributed by atoms with Crippen molar-refractivity contribution < 1.29 is 9.53 Å². The van der Waals surface area contributed by atoms with Crippen LogP contribution >= 0.6 is 11.3 Å². The maximum Gasteiger partial charge on any atom is 0.266 e. The number of methoxy groups -OCH3 is 1. The second-order valence-electron chi connectivity index (χ2n) is 8.31. The van der Waals surface area contributed by atoms with E-state index in [-0.39, 0.29) is 5.57 Å². The number of nitriles is 2. The summed E-state index contributed by atoms with van der Waals surface area (Å²) in [6.07, 6.45) is 5.50. The molecule has 6 nitrogen and oxygen atoms in total. The van der Waals surface area contributed by atoms with E-state index >= 15 is 0 Å². The Morgan fingerprint density at radius 3 is 2.66 bits per heavy atom. The van der Waals surface area contributed by atoms with E-state index in [0.717, 1.165) is 63.8 Å². The molecule has 0 spiro atoms. The standard InChI is InChI=1S/C28H22N4O2S/c1-34-23-12-7-11-20-21(25(31-26(20)23)17-8-3-2-4-9-17)14-18(15-29)27(33)32-28-22(16-30)19-10-5-6-13-24(19)35-28/h2-4,7-9,11-12,14,31H,5-6,10,13H2,1H3,(H,32,33)/b18-14+. The monoisotopic (exact) mass is 478 g/mol. The first-order valence-electron chi connectivity index (χ1n) is 11.4. The Morgan fingerprint density at radius 2 is 1.91 bits per heavy atom. The number of nitrogens with one attached hydrogen (secondary N) is 2. The average Bonchev–Trinajstić information content (AvgIpc) is 3.45. The number of amides is 1. The van der Waals surface area contributed by atoms with Crippen molar-refractivity contribution in [3.05, 3.63) is 75.7 Å². The number of benzene rings is 2. The Hall–Kier alpha value is -4.33. The number of ether oxygens (including phenoxy) is 1. The predicted molar refractivity (Wildman–Crippen MR) is 138 cm³/mol. The van der Waals surface area contributed by atoms with Crippen LogP contribution in [0, 0.1) is 22.7 Å². The molecular formula is C28H22N4O2S. The van der Waals surface area contributed by atoms with E-state index in [1.54, 1.807) is 13.2 Å². The molecule has 4 aromatic rings. The highest BCUT2D eigenvalue weighted by molar-refractivity contribution is 7.16. The molecule has 0 atom stereocenters. The Bertz CT molecular complexity index is 1550. The fourth-order valence-corrected chi connectivity index (χ4v) is 5.83. The van der Waals surface area contributed by atoms with Crippen LogP contribution in [-0.4, -0.2) is 18.0 Å². The lowest BCUT2D eigenvalue weighted by molar-refractivity contribution is -0.112. The number of rotatable bonds is 5. The molecule has 5 rings (SSSR count). The van der Waals surface area contributed by atoms with E-state index in [1.807, 2.05) is 48.5 Å². The molecule has 0 fully saturated rings. The maximum atomic E-state index is 13.2. The number of thiophene rings is 1. The summed E-state index contributed by atoms with van der Waals surface area (Å²) in [5.74, 6) is 0.143. The van der Waals surface area contributed by atoms with Gasteiger partial charge in [-0.3, -0.25) is 4.79 Å². The van der Waals surface area contributed by atoms with Crippen LogP contribution in [0.2, 0.25) is 0 Å². The lowest BCUT2D eigenvalue weighted by Crippen LogP contribution is -2.13. The number of aromatic nitrogens is 1. The fourth-order valence-electron chi connectivity index (χ4n) is 4.60. The number of aromatic amines is 1. The van der Waals surface area contributed by atoms with E-state index in [1.165, 1.54) is 11.3 Å². The third kappa shape index (κ3) is 4.07. The number of aryl methyl sites for hydroxylation is 1. The summed E-state index contributed by atoms with van der Waals surface area (Å²) >= 11 is 1.44. The lowest BCUT2D eigenvalue weighted by atomic mass is 9.96. The molecule has 1 amide bonds. The quantitative estimate of drug-likeness (QED) is 0.263. The smallest absolute Gasteiger partial charge is 0.266 e. The number of fused-ring (bicyclic) bond motifs is 2. The average molecular weight is 479 g/mol. The Balaban J connectivity index is 1.59. The molecule has 35 heavy (non-hydrogen) atoms. The first kappa shape index (κ1) is 22.5. The Morgan fingerprint density at radius 1 is 1.11 bits per heavy atom. The van der Waals surface area contributed by atoms with Crippen LogP contribution in [0.15, 0.2) is 54.1 Å². The molecule has 1 aliphatic rings. The zero-order valence-corrected chi connectivity index (χ0v) is 20.0. The number of anilines is 1. The fraction of sp³-hybridized carbons (Fsp3) is 0.179. The zero-order chi connectivity index (χ0) is 24.4. The van der Waals surface area contributed by atoms with Crippen molar-refractivity contribution >= 4 is 39.2 Å². The molecule has 172 valence electrons. The Kier molecular flexibility index (Phi) is 6.10. The highest BCUT2D eigenvalue weighted by Crippen LogP contribution is 2.39. The molecule has 0 saturated carbocycles. The number of carbonyl (C=O) groups is 1. The van der Waals surface area contributed by atoms with Crippen molar-refractivity contribution in [3.8, 4) is 29.1 Å². The van der Waals surface area contributed by atoms with Crippen LogP contribution in [0.1, 0.15) is 34.4 Å². The van der Waals surface area contributed by atoms with Gasteiger partial charge in [-0.2, -0.15) is 10.5 Å². The van der Waals surface area contributed by atoms with Crippen LogP contribution in [0.3, 0.4) is 0 Å². The number of carbonyl (C=O) groups excluding carboxylic acids is 1. The maximum absolute atomic E-state index is 13.2. The van der Waals surface area contributed by atoms with Gasteiger partial charge in [-0.05, 0) is 49.0 Å². The van der Waals surface area contributed by atoms with Gasteiger partial charge in [0.25, 0.3) is 5.91 Å². The van der Waals surface area contributed by atoms with Gasteiger partial charge < -0.3 is 15.0 Å². The SMILES string of the molecule is COc1cccc2c(/C=C(\C#N)C(=O)Nc3sc4c(c3C#N)CCCC4)c(-c3ccccc3)[nH]c12. The number of hydrogen-bond donors (Lipinski definition) is 2. The van der Waals surface area contributed by atoms with E-state index in [4.69, 9.17) is 4.74 Å². The van der Waals surface area contributed by atoms with E-state index in [2.05, 4.69) is 22.4 Å². The summed E-state index contributed by atoms with van der Waals surface area (Å²) in [5.41, 5.74) is 4.75. The van der Waals surface area contributed by atoms with Crippen LogP contribution in [-0.2, 0) is 17.6 Å². The van der Waals surface area contributed by atoms with Crippen molar-refractivity contribution in [2.45, 2.75) is 25.7 Å². The van der Waals surface area contributed by atoms with Gasteiger partial charge in [-0.15, -0.1) is 11.3 Å². The molecule has 2 aromatic heterocycles. The third-order valence-electron chi connectivity index (χ3n) is 6.28. The van der Waals surface area contributed by atoms with Crippen molar-refractivity contribution in [2.24, 2.45) is 0 Å². The minimum absolute atomic E-state index is 0.0406. The summed E-state index contributed by atoms with van der Waals surface area (Å²) in [6.45, 7) is 0. The zero-order valence-electron chi connectivity index (χ0n) is 19.1. The summed E-state index contributed by atoms with van der Waals surface area (Å²) < 4.78 is 5.53. The summed E-state index contributed by atoms with van der Waals surface area (Å²) in [4.78, 5) is 17.8. The van der Waals surface area contributed by atoms with Crippen molar-refractivity contribution in [1.82, 2.24) is 4.98 Å². The number of H-pyrrole nitrogens is 1. The first-order chi connectivity index (χ1) is 17.1. The van der Waals surface area contributed by atoms with E-state index in [0.29, 0.717) is 16.3 Å². The summed E-state index contributed by atoms with van der Waals surface area (Å²) in [5, 5.41) is 23.8. The van der Waals surface area contributed by atoms with Gasteiger partial charge in [0.1, 0.15) is 28.5 Å². The first-order valence-corrected chi connectivity index (χ1v) is 12.2. The predicted octanol–water partition coefficient (Wildman–Crippen LogP) is 6.20. The van der Waals surface area contributed by atoms with E-state index in [9.17, 15) is 15.3 Å². The topological polar surface area (TPSA) is 102 Å². The van der Waals surface area contributed by atoms with Crippen molar-refractivity contribution in [2.75, 3.05) is 12.4 Å². The van der Waals surface area contributed by atoms with Crippen molar-refractivity contribution in [3.63, 3.8) is 0 Å². The highest BCUT2D eigenvalue weighted by atomic mass is 32.1. The van der Waals surface area contributed by atoms with Gasteiger partial charge in [0.2, 0.25) is 0 Å². The van der Waals surface area contributed by atoms with E-state index < -0.39 is 5.91 Å². The van der Waals surface area contributed by atoms with Crippen LogP contribution in [0.5, 0.6) is 5.75 Å². The molecule has 7 heteroatoms. The van der Waals surface area contributed by atoms with Gasteiger partial charge in [0.05, 0.1) is 23.9 Å². The molecule has 2 aromatic carbocycles. The molecular weight excluding hydrogens is 456 g/mol. The largest absolute Gasteiger partial charge is 0.495 e. The third-order valence-corrected chi connectivity index (χ3v) is 7.49. The Labute approximate surface area is 207 Å². The van der Waals surface area contributed by atoms with Gasteiger partial charge in [0, 0.05) is 15.8 Å². The van der Waals surface area contributed by atoms with Gasteiger partial charge in [-0.1, -0.05) is 42.5 Å². The van der Waals surface area contributed by atoms with Crippen molar-refractivity contribution in [1.29, 1.82) is 10.5 Å². The van der Waals surface area contributed by atoms with Gasteiger partial charge >= 0.3 is 0 Å². The molecule has 2 heterocycles. The molecule has 0 bridgehead atoms. The summed E-state index contributed by atoms with van der Waals surface area (Å²) in [6, 6.07) is 19.7.